The fourth-order valence-corrected chi connectivity index (χ4v) is 4.24. The Morgan fingerprint density at radius 2 is 2.05 bits per heavy atom. The molecule has 4 nitrogen and oxygen atoms in total. The van der Waals surface area contributed by atoms with E-state index in [1.807, 2.05) is 24.3 Å². The van der Waals surface area contributed by atoms with Gasteiger partial charge < -0.3 is 10.5 Å². The van der Waals surface area contributed by atoms with E-state index in [0.717, 1.165) is 34.4 Å². The number of thiophene rings is 1. The van der Waals surface area contributed by atoms with Gasteiger partial charge in [0.1, 0.15) is 16.4 Å². The van der Waals surface area contributed by atoms with Crippen LogP contribution in [0.4, 0.5) is 5.82 Å². The maximum atomic E-state index is 6.22. The molecule has 0 amide bonds. The van der Waals surface area contributed by atoms with E-state index < -0.39 is 0 Å². The van der Waals surface area contributed by atoms with E-state index in [2.05, 4.69) is 4.98 Å². The second-order valence-corrected chi connectivity index (χ2v) is 6.25. The lowest BCUT2D eigenvalue weighted by Gasteiger charge is -2.08. The van der Waals surface area contributed by atoms with E-state index in [1.54, 1.807) is 18.4 Å². The highest BCUT2D eigenvalue weighted by molar-refractivity contribution is 7.19. The van der Waals surface area contributed by atoms with Gasteiger partial charge in [-0.15, -0.1) is 11.3 Å². The highest BCUT2D eigenvalue weighted by Gasteiger charge is 2.22. The molecule has 3 aromatic rings. The Balaban J connectivity index is 1.95. The van der Waals surface area contributed by atoms with Crippen molar-refractivity contribution >= 4 is 27.4 Å². The summed E-state index contributed by atoms with van der Waals surface area (Å²) < 4.78 is 5.40. The van der Waals surface area contributed by atoms with Crippen LogP contribution in [0.2, 0.25) is 0 Å². The lowest BCUT2D eigenvalue weighted by atomic mass is 10.1. The summed E-state index contributed by atoms with van der Waals surface area (Å²) in [7, 11) is 1.65. The summed E-state index contributed by atoms with van der Waals surface area (Å²) in [6.07, 6.45) is 3.45. The number of benzene rings is 1. The second kappa shape index (κ2) is 4.70. The number of nitrogen functional groups attached to an aromatic ring is 1. The molecule has 0 radical (unpaired) electrons. The largest absolute Gasteiger partial charge is 0.496 e. The Bertz CT molecular complexity index is 841. The molecule has 0 saturated carbocycles. The van der Waals surface area contributed by atoms with Gasteiger partial charge in [0.25, 0.3) is 0 Å². The summed E-state index contributed by atoms with van der Waals surface area (Å²) in [5.41, 5.74) is 8.46. The first-order chi connectivity index (χ1) is 10.3. The molecule has 0 bridgehead atoms. The molecule has 0 aliphatic heterocycles. The van der Waals surface area contributed by atoms with E-state index in [4.69, 9.17) is 15.5 Å². The van der Waals surface area contributed by atoms with Crippen LogP contribution >= 0.6 is 11.3 Å². The van der Waals surface area contributed by atoms with E-state index >= 15 is 0 Å². The number of rotatable bonds is 2. The molecule has 5 heteroatoms. The predicted octanol–water partition coefficient (Wildman–Crippen LogP) is 3.44. The molecular weight excluding hydrogens is 282 g/mol. The third kappa shape index (κ3) is 1.88. The summed E-state index contributed by atoms with van der Waals surface area (Å²) in [5, 5.41) is 1.06. The average molecular weight is 297 g/mol. The van der Waals surface area contributed by atoms with Crippen molar-refractivity contribution in [3.05, 3.63) is 34.7 Å². The highest BCUT2D eigenvalue weighted by Crippen LogP contribution is 2.40. The van der Waals surface area contributed by atoms with E-state index in [0.29, 0.717) is 11.6 Å². The van der Waals surface area contributed by atoms with Crippen molar-refractivity contribution in [2.45, 2.75) is 19.3 Å². The molecule has 4 rings (SSSR count). The van der Waals surface area contributed by atoms with Crippen LogP contribution in [0.15, 0.2) is 24.3 Å². The van der Waals surface area contributed by atoms with E-state index in [9.17, 15) is 0 Å². The van der Waals surface area contributed by atoms with E-state index in [-0.39, 0.29) is 0 Å². The third-order valence-electron chi connectivity index (χ3n) is 3.94. The minimum Gasteiger partial charge on any atom is -0.496 e. The first-order valence-corrected chi connectivity index (χ1v) is 7.80. The minimum absolute atomic E-state index is 0.584. The van der Waals surface area contributed by atoms with Crippen molar-refractivity contribution in [2.75, 3.05) is 12.8 Å². The first kappa shape index (κ1) is 12.6. The van der Waals surface area contributed by atoms with Crippen LogP contribution in [0.1, 0.15) is 16.9 Å². The van der Waals surface area contributed by atoms with Gasteiger partial charge in [0.2, 0.25) is 0 Å². The predicted molar refractivity (Wildman–Crippen MR) is 85.8 cm³/mol. The van der Waals surface area contributed by atoms with Crippen molar-refractivity contribution in [3.63, 3.8) is 0 Å². The number of fused-ring (bicyclic) bond motifs is 3. The van der Waals surface area contributed by atoms with Crippen molar-refractivity contribution in [1.82, 2.24) is 9.97 Å². The maximum absolute atomic E-state index is 6.22. The molecule has 2 N–H and O–H groups in total. The van der Waals surface area contributed by atoms with Gasteiger partial charge in [-0.3, -0.25) is 0 Å². The number of aromatic nitrogens is 2. The number of methoxy groups -OCH3 is 1. The number of hydrogen-bond acceptors (Lipinski definition) is 5. The molecule has 1 aromatic carbocycles. The van der Waals surface area contributed by atoms with Gasteiger partial charge in [0.05, 0.1) is 18.1 Å². The summed E-state index contributed by atoms with van der Waals surface area (Å²) in [5.74, 6) is 1.98. The third-order valence-corrected chi connectivity index (χ3v) is 5.13. The van der Waals surface area contributed by atoms with E-state index in [1.165, 1.54) is 16.9 Å². The van der Waals surface area contributed by atoms with Gasteiger partial charge in [0.15, 0.2) is 5.82 Å². The SMILES string of the molecule is COc1ccccc1-c1nc(N)c2c3c(sc2n1)CCC3. The lowest BCUT2D eigenvalue weighted by molar-refractivity contribution is 0.416. The maximum Gasteiger partial charge on any atom is 0.166 e. The van der Waals surface area contributed by atoms with Crippen molar-refractivity contribution in [3.8, 4) is 17.1 Å². The Morgan fingerprint density at radius 3 is 2.90 bits per heavy atom. The Hall–Kier alpha value is -2.14. The number of hydrogen-bond donors (Lipinski definition) is 1. The fourth-order valence-electron chi connectivity index (χ4n) is 2.97. The van der Waals surface area contributed by atoms with Gasteiger partial charge in [-0.05, 0) is 37.0 Å². The van der Waals surface area contributed by atoms with Crippen LogP contribution in [-0.4, -0.2) is 17.1 Å². The zero-order valence-electron chi connectivity index (χ0n) is 11.7. The van der Waals surface area contributed by atoms with Crippen LogP contribution in [-0.2, 0) is 12.8 Å². The van der Waals surface area contributed by atoms with Crippen molar-refractivity contribution < 1.29 is 4.74 Å². The van der Waals surface area contributed by atoms with Crippen molar-refractivity contribution in [2.24, 2.45) is 0 Å². The van der Waals surface area contributed by atoms with Crippen LogP contribution in [0.3, 0.4) is 0 Å². The Labute approximate surface area is 126 Å². The normalized spacial score (nSPS) is 13.6. The van der Waals surface area contributed by atoms with Crippen LogP contribution in [0.25, 0.3) is 21.6 Å². The molecule has 1 aliphatic rings. The monoisotopic (exact) mass is 297 g/mol. The summed E-state index contributed by atoms with van der Waals surface area (Å²) >= 11 is 1.75. The van der Waals surface area contributed by atoms with Gasteiger partial charge in [0, 0.05) is 4.88 Å². The average Bonchev–Trinajstić information content (AvgIpc) is 3.07. The summed E-state index contributed by atoms with van der Waals surface area (Å²) in [6.45, 7) is 0. The molecule has 0 unspecified atom stereocenters. The molecule has 0 atom stereocenters. The van der Waals surface area contributed by atoms with Crippen LogP contribution < -0.4 is 10.5 Å². The molecule has 21 heavy (non-hydrogen) atoms. The molecule has 0 fully saturated rings. The number of aryl methyl sites for hydroxylation is 2. The first-order valence-electron chi connectivity index (χ1n) is 6.99. The highest BCUT2D eigenvalue weighted by atomic mass is 32.1. The molecule has 2 heterocycles. The smallest absolute Gasteiger partial charge is 0.166 e. The summed E-state index contributed by atoms with van der Waals surface area (Å²) in [6, 6.07) is 7.76. The van der Waals surface area contributed by atoms with Gasteiger partial charge in [-0.2, -0.15) is 0 Å². The molecule has 106 valence electrons. The fraction of sp³-hybridized carbons (Fsp3) is 0.250. The summed E-state index contributed by atoms with van der Waals surface area (Å²) in [4.78, 5) is 11.7. The Kier molecular flexibility index (Phi) is 2.82. The van der Waals surface area contributed by atoms with Crippen LogP contribution in [0.5, 0.6) is 5.75 Å². The van der Waals surface area contributed by atoms with Crippen LogP contribution in [0, 0.1) is 0 Å². The Morgan fingerprint density at radius 1 is 1.19 bits per heavy atom. The lowest BCUT2D eigenvalue weighted by Crippen LogP contribution is -1.98. The molecule has 1 aliphatic carbocycles. The number of ether oxygens (including phenoxy) is 1. The number of nitrogens with zero attached hydrogens (tertiary/aromatic N) is 2. The van der Waals surface area contributed by atoms with Gasteiger partial charge in [-0.25, -0.2) is 9.97 Å². The number of nitrogens with two attached hydrogens (primary N) is 1. The zero-order valence-corrected chi connectivity index (χ0v) is 12.5. The standard InChI is InChI=1S/C16H15N3OS/c1-20-11-7-3-2-5-9(11)15-18-14(17)13-10-6-4-8-12(10)21-16(13)19-15/h2-3,5,7H,4,6,8H2,1H3,(H2,17,18,19). The van der Waals surface area contributed by atoms with Gasteiger partial charge >= 0.3 is 0 Å². The molecule has 0 saturated heterocycles. The zero-order chi connectivity index (χ0) is 14.4. The second-order valence-electron chi connectivity index (χ2n) is 5.17. The molecule has 0 spiro atoms. The van der Waals surface area contributed by atoms with Crippen molar-refractivity contribution in [1.29, 1.82) is 0 Å². The van der Waals surface area contributed by atoms with Gasteiger partial charge in [-0.1, -0.05) is 12.1 Å². The molecular formula is C16H15N3OS. The number of anilines is 1. The molecule has 2 aromatic heterocycles. The number of para-hydroxylation sites is 1. The topological polar surface area (TPSA) is 61.0 Å². The minimum atomic E-state index is 0.584. The quantitative estimate of drug-likeness (QED) is 0.787.